The largest absolute Gasteiger partial charge is 0.346 e. The molecule has 1 aromatic carbocycles. The van der Waals surface area contributed by atoms with Gasteiger partial charge in [-0.3, -0.25) is 4.79 Å². The number of hydrogen-bond acceptors (Lipinski definition) is 3. The van der Waals surface area contributed by atoms with Crippen LogP contribution in [0.4, 0.5) is 5.69 Å². The third-order valence-electron chi connectivity index (χ3n) is 3.77. The summed E-state index contributed by atoms with van der Waals surface area (Å²) in [5, 5.41) is 4.09. The predicted molar refractivity (Wildman–Crippen MR) is 107 cm³/mol. The number of aromatic nitrogens is 1. The van der Waals surface area contributed by atoms with Gasteiger partial charge in [-0.05, 0) is 44.1 Å². The third-order valence-corrected chi connectivity index (χ3v) is 3.77. The molecule has 1 amide bonds. The first-order valence-corrected chi connectivity index (χ1v) is 7.81. The zero-order valence-electron chi connectivity index (χ0n) is 14.5. The van der Waals surface area contributed by atoms with Gasteiger partial charge in [0.25, 0.3) is 0 Å². The van der Waals surface area contributed by atoms with Crippen molar-refractivity contribution in [3.05, 3.63) is 30.5 Å². The minimum absolute atomic E-state index is 0. The summed E-state index contributed by atoms with van der Waals surface area (Å²) in [5.41, 5.74) is 7.78. The van der Waals surface area contributed by atoms with E-state index in [1.54, 1.807) is 0 Å². The molecule has 0 fully saturated rings. The molecule has 0 aliphatic rings. The monoisotopic (exact) mass is 374 g/mol. The fourth-order valence-corrected chi connectivity index (χ4v) is 2.44. The van der Waals surface area contributed by atoms with Gasteiger partial charge in [0.2, 0.25) is 5.91 Å². The number of carbonyl (C=O) groups is 1. The number of benzene rings is 1. The number of nitrogens with zero attached hydrogens (tertiary/aromatic N) is 2. The van der Waals surface area contributed by atoms with Gasteiger partial charge in [0.15, 0.2) is 0 Å². The average molecular weight is 375 g/mol. The van der Waals surface area contributed by atoms with Crippen LogP contribution in [0.3, 0.4) is 0 Å². The quantitative estimate of drug-likeness (QED) is 0.782. The molecule has 2 aromatic rings. The van der Waals surface area contributed by atoms with Crippen LogP contribution in [-0.2, 0) is 11.3 Å². The molecule has 1 atom stereocenters. The number of likely N-dealkylation sites (N-methyl/N-ethyl adjacent to an activating group) is 1. The first-order valence-electron chi connectivity index (χ1n) is 7.81. The van der Waals surface area contributed by atoms with E-state index in [1.807, 2.05) is 25.1 Å². The number of anilines is 1. The molecular formula is C17H28Cl2N4O. The Morgan fingerprint density at radius 3 is 2.62 bits per heavy atom. The fraction of sp³-hybridized carbons (Fsp3) is 0.471. The third kappa shape index (κ3) is 5.98. The SMILES string of the molecule is CCCC(N)C(=O)Nc1ccc2ccn(CCN(C)C)c2c1.Cl.Cl. The van der Waals surface area contributed by atoms with Gasteiger partial charge in [-0.1, -0.05) is 19.4 Å². The lowest BCUT2D eigenvalue weighted by atomic mass is 10.1. The molecular weight excluding hydrogens is 347 g/mol. The number of amides is 1. The number of nitrogens with two attached hydrogens (primary N) is 1. The van der Waals surface area contributed by atoms with Gasteiger partial charge >= 0.3 is 0 Å². The average Bonchev–Trinajstić information content (AvgIpc) is 2.87. The van der Waals surface area contributed by atoms with Gasteiger partial charge in [-0.2, -0.15) is 0 Å². The van der Waals surface area contributed by atoms with Crippen molar-refractivity contribution in [3.8, 4) is 0 Å². The zero-order valence-corrected chi connectivity index (χ0v) is 16.1. The zero-order chi connectivity index (χ0) is 16.1. The Hall–Kier alpha value is -1.27. The van der Waals surface area contributed by atoms with E-state index >= 15 is 0 Å². The van der Waals surface area contributed by atoms with Crippen molar-refractivity contribution in [3.63, 3.8) is 0 Å². The highest BCUT2D eigenvalue weighted by molar-refractivity contribution is 5.96. The smallest absolute Gasteiger partial charge is 0.241 e. The van der Waals surface area contributed by atoms with Crippen molar-refractivity contribution in [1.82, 2.24) is 9.47 Å². The maximum absolute atomic E-state index is 12.0. The topological polar surface area (TPSA) is 63.3 Å². The van der Waals surface area contributed by atoms with Crippen molar-refractivity contribution in [1.29, 1.82) is 0 Å². The molecule has 24 heavy (non-hydrogen) atoms. The predicted octanol–water partition coefficient (Wildman–Crippen LogP) is 3.11. The summed E-state index contributed by atoms with van der Waals surface area (Å²) in [7, 11) is 4.12. The first kappa shape index (κ1) is 22.7. The maximum Gasteiger partial charge on any atom is 0.241 e. The van der Waals surface area contributed by atoms with Gasteiger partial charge < -0.3 is 20.5 Å². The van der Waals surface area contributed by atoms with Crippen LogP contribution in [0, 0.1) is 0 Å². The lowest BCUT2D eigenvalue weighted by molar-refractivity contribution is -0.117. The number of halogens is 2. The number of fused-ring (bicyclic) bond motifs is 1. The van der Waals surface area contributed by atoms with Crippen molar-refractivity contribution in [2.75, 3.05) is 26.0 Å². The number of hydrogen-bond donors (Lipinski definition) is 2. The van der Waals surface area contributed by atoms with E-state index in [9.17, 15) is 4.79 Å². The molecule has 1 unspecified atom stereocenters. The van der Waals surface area contributed by atoms with Gasteiger partial charge in [-0.25, -0.2) is 0 Å². The van der Waals surface area contributed by atoms with Crippen LogP contribution >= 0.6 is 24.8 Å². The molecule has 0 aliphatic heterocycles. The lowest BCUT2D eigenvalue weighted by Gasteiger charge is -2.13. The molecule has 1 aromatic heterocycles. The lowest BCUT2D eigenvalue weighted by Crippen LogP contribution is -2.35. The van der Waals surface area contributed by atoms with E-state index in [2.05, 4.69) is 41.1 Å². The Balaban J connectivity index is 0.00000264. The Bertz CT molecular complexity index is 643. The maximum atomic E-state index is 12.0. The molecule has 0 aliphatic carbocycles. The highest BCUT2D eigenvalue weighted by Gasteiger charge is 2.12. The minimum atomic E-state index is -0.443. The van der Waals surface area contributed by atoms with Gasteiger partial charge in [-0.15, -0.1) is 24.8 Å². The summed E-state index contributed by atoms with van der Waals surface area (Å²) in [6.45, 7) is 3.92. The first-order chi connectivity index (χ1) is 10.5. The standard InChI is InChI=1S/C17H26N4O.2ClH/c1-4-5-15(18)17(22)19-14-7-6-13-8-9-21(16(13)12-14)11-10-20(2)3;;/h6-9,12,15H,4-5,10-11,18H2,1-3H3,(H,19,22);2*1H. The van der Waals surface area contributed by atoms with E-state index < -0.39 is 6.04 Å². The highest BCUT2D eigenvalue weighted by Crippen LogP contribution is 2.21. The van der Waals surface area contributed by atoms with E-state index in [1.165, 1.54) is 5.39 Å². The summed E-state index contributed by atoms with van der Waals surface area (Å²) < 4.78 is 2.21. The second kappa shape index (κ2) is 10.6. The highest BCUT2D eigenvalue weighted by atomic mass is 35.5. The minimum Gasteiger partial charge on any atom is -0.346 e. The Kier molecular flexibility index (Phi) is 10.0. The summed E-state index contributed by atoms with van der Waals surface area (Å²) in [6.07, 6.45) is 3.69. The second-order valence-electron chi connectivity index (χ2n) is 5.97. The molecule has 0 spiro atoms. The van der Waals surface area contributed by atoms with E-state index in [0.717, 1.165) is 30.7 Å². The van der Waals surface area contributed by atoms with E-state index in [4.69, 9.17) is 5.73 Å². The van der Waals surface area contributed by atoms with Gasteiger partial charge in [0.05, 0.1) is 11.6 Å². The summed E-state index contributed by atoms with van der Waals surface area (Å²) >= 11 is 0. The number of rotatable bonds is 7. The van der Waals surface area contributed by atoms with E-state index in [0.29, 0.717) is 6.42 Å². The second-order valence-corrected chi connectivity index (χ2v) is 5.97. The fourth-order valence-electron chi connectivity index (χ4n) is 2.44. The van der Waals surface area contributed by atoms with Gasteiger partial charge in [0.1, 0.15) is 0 Å². The van der Waals surface area contributed by atoms with E-state index in [-0.39, 0.29) is 30.7 Å². The molecule has 0 radical (unpaired) electrons. The molecule has 0 saturated heterocycles. The van der Waals surface area contributed by atoms with Crippen LogP contribution in [0.15, 0.2) is 30.5 Å². The van der Waals surface area contributed by atoms with Crippen LogP contribution in [0.1, 0.15) is 19.8 Å². The molecule has 1 heterocycles. The molecule has 136 valence electrons. The Labute approximate surface area is 156 Å². The van der Waals surface area contributed by atoms with Crippen molar-refractivity contribution in [2.45, 2.75) is 32.4 Å². The molecule has 3 N–H and O–H groups in total. The normalized spacial score (nSPS) is 11.7. The molecule has 5 nitrogen and oxygen atoms in total. The van der Waals surface area contributed by atoms with Crippen molar-refractivity contribution in [2.24, 2.45) is 5.73 Å². The van der Waals surface area contributed by atoms with Crippen LogP contribution in [0.5, 0.6) is 0 Å². The molecule has 0 saturated carbocycles. The molecule has 2 rings (SSSR count). The van der Waals surface area contributed by atoms with Crippen molar-refractivity contribution < 1.29 is 4.79 Å². The van der Waals surface area contributed by atoms with Crippen molar-refractivity contribution >= 4 is 47.3 Å². The van der Waals surface area contributed by atoms with Crippen LogP contribution in [0.2, 0.25) is 0 Å². The van der Waals surface area contributed by atoms with Crippen LogP contribution < -0.4 is 11.1 Å². The van der Waals surface area contributed by atoms with Crippen LogP contribution in [-0.4, -0.2) is 42.1 Å². The summed E-state index contributed by atoms with van der Waals surface area (Å²) in [4.78, 5) is 14.2. The Morgan fingerprint density at radius 2 is 2.00 bits per heavy atom. The van der Waals surface area contributed by atoms with Gasteiger partial charge in [0, 0.05) is 25.0 Å². The summed E-state index contributed by atoms with van der Waals surface area (Å²) in [6, 6.07) is 7.62. The molecule has 7 heteroatoms. The Morgan fingerprint density at radius 1 is 1.29 bits per heavy atom. The molecule has 0 bridgehead atoms. The van der Waals surface area contributed by atoms with Crippen LogP contribution in [0.25, 0.3) is 10.9 Å². The number of nitrogens with one attached hydrogen (secondary N) is 1. The summed E-state index contributed by atoms with van der Waals surface area (Å²) in [5.74, 6) is -0.118. The number of carbonyl (C=O) groups excluding carboxylic acids is 1.